The van der Waals surface area contributed by atoms with Crippen molar-refractivity contribution < 1.29 is 14.2 Å². The number of piperidine rings is 1. The summed E-state index contributed by atoms with van der Waals surface area (Å²) in [5.74, 6) is 1.88. The Bertz CT molecular complexity index is 675. The summed E-state index contributed by atoms with van der Waals surface area (Å²) in [5, 5.41) is 3.52. The Morgan fingerprint density at radius 2 is 1.97 bits per heavy atom. The van der Waals surface area contributed by atoms with Crippen molar-refractivity contribution in [3.63, 3.8) is 0 Å². The molecule has 8 heteroatoms. The van der Waals surface area contributed by atoms with Gasteiger partial charge in [0, 0.05) is 45.4 Å². The zero-order valence-corrected chi connectivity index (χ0v) is 22.3. The van der Waals surface area contributed by atoms with Gasteiger partial charge in [0.1, 0.15) is 12.4 Å². The molecule has 3 rings (SSSR count). The zero-order valence-electron chi connectivity index (χ0n) is 19.9. The fourth-order valence-corrected chi connectivity index (χ4v) is 4.05. The minimum absolute atomic E-state index is 0. The molecule has 0 spiro atoms. The molecule has 2 heterocycles. The van der Waals surface area contributed by atoms with Crippen molar-refractivity contribution >= 4 is 29.9 Å². The van der Waals surface area contributed by atoms with Crippen molar-refractivity contribution in [2.24, 2.45) is 4.99 Å². The number of nitrogens with zero attached hydrogens (tertiary/aromatic N) is 3. The highest BCUT2D eigenvalue weighted by Gasteiger charge is 2.23. The average Bonchev–Trinajstić information content (AvgIpc) is 2.80. The maximum atomic E-state index is 6.15. The molecule has 1 atom stereocenters. The second-order valence-corrected chi connectivity index (χ2v) is 8.67. The van der Waals surface area contributed by atoms with Gasteiger partial charge in [-0.25, -0.2) is 0 Å². The van der Waals surface area contributed by atoms with Crippen LogP contribution >= 0.6 is 24.0 Å². The number of hydrogen-bond acceptors (Lipinski definition) is 5. The molecule has 1 N–H and O–H groups in total. The van der Waals surface area contributed by atoms with E-state index in [2.05, 4.69) is 46.3 Å². The second-order valence-electron chi connectivity index (χ2n) is 8.67. The molecule has 0 bridgehead atoms. The van der Waals surface area contributed by atoms with Gasteiger partial charge in [0.25, 0.3) is 0 Å². The normalized spacial score (nSPS) is 20.2. The highest BCUT2D eigenvalue weighted by atomic mass is 127. The molecule has 2 fully saturated rings. The number of ether oxygens (including phenoxy) is 3. The first-order valence-corrected chi connectivity index (χ1v) is 11.7. The third-order valence-corrected chi connectivity index (χ3v) is 5.95. The number of para-hydroxylation sites is 1. The molecule has 32 heavy (non-hydrogen) atoms. The maximum Gasteiger partial charge on any atom is 0.193 e. The van der Waals surface area contributed by atoms with E-state index >= 15 is 0 Å². The Morgan fingerprint density at radius 3 is 2.66 bits per heavy atom. The summed E-state index contributed by atoms with van der Waals surface area (Å²) in [7, 11) is 5.96. The summed E-state index contributed by atoms with van der Waals surface area (Å²) in [6.07, 6.45) is 6.25. The fraction of sp³-hybridized carbons (Fsp3) is 0.708. The van der Waals surface area contributed by atoms with Crippen LogP contribution in [-0.2, 0) is 16.0 Å². The first-order valence-electron chi connectivity index (χ1n) is 11.7. The lowest BCUT2D eigenvalue weighted by Crippen LogP contribution is -2.47. The molecular weight excluding hydrogens is 519 g/mol. The number of guanidine groups is 1. The van der Waals surface area contributed by atoms with Crippen LogP contribution in [0.25, 0.3) is 0 Å². The molecule has 1 aromatic carbocycles. The first kappa shape index (κ1) is 27.1. The van der Waals surface area contributed by atoms with Crippen LogP contribution in [0.1, 0.15) is 37.7 Å². The van der Waals surface area contributed by atoms with Crippen molar-refractivity contribution in [2.75, 3.05) is 60.6 Å². The molecule has 2 aliphatic heterocycles. The largest absolute Gasteiger partial charge is 0.492 e. The number of halogens is 1. The van der Waals surface area contributed by atoms with Gasteiger partial charge >= 0.3 is 0 Å². The summed E-state index contributed by atoms with van der Waals surface area (Å²) < 4.78 is 17.9. The Morgan fingerprint density at radius 1 is 1.19 bits per heavy atom. The number of aliphatic imine (C=N–C) groups is 1. The highest BCUT2D eigenvalue weighted by Crippen LogP contribution is 2.20. The van der Waals surface area contributed by atoms with Crippen molar-refractivity contribution in [1.82, 2.24) is 15.1 Å². The summed E-state index contributed by atoms with van der Waals surface area (Å²) >= 11 is 0. The number of benzene rings is 1. The van der Waals surface area contributed by atoms with E-state index < -0.39 is 0 Å². The molecule has 2 aliphatic rings. The van der Waals surface area contributed by atoms with E-state index in [1.807, 2.05) is 19.2 Å². The van der Waals surface area contributed by atoms with Gasteiger partial charge in [0.2, 0.25) is 0 Å². The van der Waals surface area contributed by atoms with E-state index in [0.29, 0.717) is 25.4 Å². The average molecular weight is 561 g/mol. The first-order chi connectivity index (χ1) is 15.2. The Kier molecular flexibility index (Phi) is 12.7. The number of likely N-dealkylation sites (tertiary alicyclic amines) is 1. The lowest BCUT2D eigenvalue weighted by Gasteiger charge is -2.35. The van der Waals surface area contributed by atoms with Crippen LogP contribution in [0.3, 0.4) is 0 Å². The third kappa shape index (κ3) is 9.03. The van der Waals surface area contributed by atoms with Gasteiger partial charge in [-0.05, 0) is 52.3 Å². The van der Waals surface area contributed by atoms with Gasteiger partial charge in [-0.3, -0.25) is 4.99 Å². The van der Waals surface area contributed by atoms with E-state index in [9.17, 15) is 0 Å². The lowest BCUT2D eigenvalue weighted by atomic mass is 10.1. The fourth-order valence-electron chi connectivity index (χ4n) is 4.05. The molecular formula is C24H41IN4O3. The van der Waals surface area contributed by atoms with E-state index in [0.717, 1.165) is 69.4 Å². The molecule has 7 nitrogen and oxygen atoms in total. The van der Waals surface area contributed by atoms with Gasteiger partial charge in [0.15, 0.2) is 5.96 Å². The Hall–Kier alpha value is -1.10. The summed E-state index contributed by atoms with van der Waals surface area (Å²) in [5.41, 5.74) is 1.15. The molecule has 0 amide bonds. The predicted molar refractivity (Wildman–Crippen MR) is 140 cm³/mol. The quantitative estimate of drug-likeness (QED) is 0.284. The smallest absolute Gasteiger partial charge is 0.193 e. The number of nitrogens with one attached hydrogen (secondary N) is 1. The van der Waals surface area contributed by atoms with Crippen molar-refractivity contribution in [2.45, 2.75) is 50.9 Å². The van der Waals surface area contributed by atoms with E-state index in [-0.39, 0.29) is 24.0 Å². The van der Waals surface area contributed by atoms with Crippen LogP contribution in [-0.4, -0.2) is 88.6 Å². The summed E-state index contributed by atoms with van der Waals surface area (Å²) in [6, 6.07) is 8.22. The van der Waals surface area contributed by atoms with Crippen LogP contribution in [0.2, 0.25) is 0 Å². The number of hydrogen-bond donors (Lipinski definition) is 1. The van der Waals surface area contributed by atoms with Crippen LogP contribution in [0, 0.1) is 0 Å². The van der Waals surface area contributed by atoms with Gasteiger partial charge in [-0.1, -0.05) is 18.2 Å². The molecule has 182 valence electrons. The third-order valence-electron chi connectivity index (χ3n) is 5.95. The predicted octanol–water partition coefficient (Wildman–Crippen LogP) is 3.37. The van der Waals surface area contributed by atoms with Crippen LogP contribution in [0.4, 0.5) is 0 Å². The summed E-state index contributed by atoms with van der Waals surface area (Å²) in [6.45, 7) is 5.81. The summed E-state index contributed by atoms with van der Waals surface area (Å²) in [4.78, 5) is 8.96. The molecule has 0 radical (unpaired) electrons. The maximum absolute atomic E-state index is 6.15. The number of rotatable bonds is 9. The molecule has 0 aromatic heterocycles. The minimum Gasteiger partial charge on any atom is -0.492 e. The van der Waals surface area contributed by atoms with E-state index in [1.165, 1.54) is 12.8 Å². The molecule has 1 aromatic rings. The van der Waals surface area contributed by atoms with Crippen LogP contribution in [0.15, 0.2) is 29.3 Å². The standard InChI is InChI=1S/C24H40N4O3.HI/c1-25-24(26-18-20-8-4-5-10-23(20)30-17-15-27(2)3)28-13-11-21(12-14-28)31-19-22-9-6-7-16-29-22;/h4-5,8,10,21-22H,6-7,9,11-19H2,1-3H3,(H,25,26);1H. The van der Waals surface area contributed by atoms with Crippen molar-refractivity contribution in [3.05, 3.63) is 29.8 Å². The van der Waals surface area contributed by atoms with Crippen molar-refractivity contribution in [1.29, 1.82) is 0 Å². The second kappa shape index (κ2) is 14.9. The van der Waals surface area contributed by atoms with Gasteiger partial charge in [0.05, 0.1) is 18.8 Å². The SMILES string of the molecule is CN=C(NCc1ccccc1OCCN(C)C)N1CCC(OCC2CCCCO2)CC1.I. The zero-order chi connectivity index (χ0) is 21.9. The van der Waals surface area contributed by atoms with Gasteiger partial charge < -0.3 is 29.3 Å². The monoisotopic (exact) mass is 560 g/mol. The van der Waals surface area contributed by atoms with Gasteiger partial charge in [-0.15, -0.1) is 24.0 Å². The van der Waals surface area contributed by atoms with Crippen LogP contribution in [0.5, 0.6) is 5.75 Å². The topological polar surface area (TPSA) is 58.6 Å². The molecule has 0 saturated carbocycles. The Labute approximate surface area is 210 Å². The van der Waals surface area contributed by atoms with E-state index in [4.69, 9.17) is 14.2 Å². The minimum atomic E-state index is 0. The van der Waals surface area contributed by atoms with Gasteiger partial charge in [-0.2, -0.15) is 0 Å². The van der Waals surface area contributed by atoms with E-state index in [1.54, 1.807) is 0 Å². The molecule has 2 saturated heterocycles. The number of likely N-dealkylation sites (N-methyl/N-ethyl adjacent to an activating group) is 1. The van der Waals surface area contributed by atoms with Crippen molar-refractivity contribution in [3.8, 4) is 5.75 Å². The van der Waals surface area contributed by atoms with Crippen LogP contribution < -0.4 is 10.1 Å². The Balaban J connectivity index is 0.00000363. The lowest BCUT2D eigenvalue weighted by molar-refractivity contribution is -0.0721. The highest BCUT2D eigenvalue weighted by molar-refractivity contribution is 14.0. The molecule has 1 unspecified atom stereocenters. The molecule has 0 aliphatic carbocycles.